The molecule has 0 amide bonds. The highest BCUT2D eigenvalue weighted by Gasteiger charge is 2.24. The Hall–Kier alpha value is -0.300. The molecule has 0 aliphatic rings. The van der Waals surface area contributed by atoms with Gasteiger partial charge in [-0.15, -0.1) is 0 Å². The maximum absolute atomic E-state index is 4.15. The van der Waals surface area contributed by atoms with Crippen LogP contribution in [0.2, 0.25) is 0 Å². The fourth-order valence-corrected chi connectivity index (χ4v) is 6.50. The minimum atomic E-state index is 0.124. The van der Waals surface area contributed by atoms with Gasteiger partial charge >= 0.3 is 0 Å². The van der Waals surface area contributed by atoms with Gasteiger partial charge < -0.3 is 0 Å². The SMILES string of the molecule is CCCCCCCCCCCCCCc1ccccc1C(C)(Br)CCCCCCCCCCCCCC. The summed E-state index contributed by atoms with van der Waals surface area (Å²) >= 11 is 4.15. The molecule has 0 nitrogen and oxygen atoms in total. The zero-order chi connectivity index (χ0) is 26.9. The van der Waals surface area contributed by atoms with Crippen LogP contribution >= 0.6 is 15.9 Å². The summed E-state index contributed by atoms with van der Waals surface area (Å²) in [5.74, 6) is 0. The van der Waals surface area contributed by atoms with E-state index in [1.54, 1.807) is 11.1 Å². The lowest BCUT2D eigenvalue weighted by atomic mass is 9.88. The molecule has 37 heavy (non-hydrogen) atoms. The second-order valence-electron chi connectivity index (χ2n) is 12.1. The van der Waals surface area contributed by atoms with Crippen LogP contribution in [0.3, 0.4) is 0 Å². The molecule has 216 valence electrons. The topological polar surface area (TPSA) is 0 Å². The second kappa shape index (κ2) is 24.7. The molecule has 1 atom stereocenters. The zero-order valence-corrected chi connectivity index (χ0v) is 27.2. The smallest absolute Gasteiger partial charge is 0.0480 e. The Morgan fingerprint density at radius 2 is 0.838 bits per heavy atom. The standard InChI is InChI=1S/C36H65Br/c1-4-6-8-10-12-14-16-18-20-22-24-26-30-34-31-27-28-32-35(34)36(3,37)33-29-25-23-21-19-17-15-13-11-9-7-5-2/h27-28,31-32H,4-26,29-30,33H2,1-3H3. The number of alkyl halides is 1. The summed E-state index contributed by atoms with van der Waals surface area (Å²) in [4.78, 5) is 0. The van der Waals surface area contributed by atoms with Gasteiger partial charge in [0.2, 0.25) is 0 Å². The number of unbranched alkanes of at least 4 members (excludes halogenated alkanes) is 22. The summed E-state index contributed by atoms with van der Waals surface area (Å²) < 4.78 is 0.124. The number of hydrogen-bond donors (Lipinski definition) is 0. The molecule has 0 fully saturated rings. The van der Waals surface area contributed by atoms with Gasteiger partial charge in [0.05, 0.1) is 0 Å². The first-order chi connectivity index (χ1) is 18.1. The van der Waals surface area contributed by atoms with Crippen molar-refractivity contribution in [2.24, 2.45) is 0 Å². The van der Waals surface area contributed by atoms with E-state index in [4.69, 9.17) is 0 Å². The Bertz CT molecular complexity index is 604. The molecule has 1 rings (SSSR count). The number of benzene rings is 1. The van der Waals surface area contributed by atoms with Crippen molar-refractivity contribution in [3.8, 4) is 0 Å². The van der Waals surface area contributed by atoms with E-state index in [0.29, 0.717) is 0 Å². The highest BCUT2D eigenvalue weighted by Crippen LogP contribution is 2.38. The molecule has 1 aromatic carbocycles. The van der Waals surface area contributed by atoms with Gasteiger partial charge in [0.1, 0.15) is 0 Å². The van der Waals surface area contributed by atoms with Crippen molar-refractivity contribution in [2.45, 2.75) is 192 Å². The molecule has 0 bridgehead atoms. The van der Waals surface area contributed by atoms with E-state index >= 15 is 0 Å². The lowest BCUT2D eigenvalue weighted by Crippen LogP contribution is -2.15. The van der Waals surface area contributed by atoms with Gasteiger partial charge in [0.15, 0.2) is 0 Å². The molecular weight excluding hydrogens is 512 g/mol. The van der Waals surface area contributed by atoms with Crippen LogP contribution in [0, 0.1) is 0 Å². The van der Waals surface area contributed by atoms with Crippen molar-refractivity contribution in [3.05, 3.63) is 35.4 Å². The van der Waals surface area contributed by atoms with E-state index in [1.165, 1.54) is 167 Å². The van der Waals surface area contributed by atoms with E-state index in [1.807, 2.05) is 0 Å². The molecule has 0 radical (unpaired) electrons. The third-order valence-corrected chi connectivity index (χ3v) is 9.20. The maximum atomic E-state index is 4.15. The highest BCUT2D eigenvalue weighted by atomic mass is 79.9. The van der Waals surface area contributed by atoms with Crippen molar-refractivity contribution >= 4 is 15.9 Å². The molecule has 1 heteroatoms. The lowest BCUT2D eigenvalue weighted by molar-refractivity contribution is 0.517. The van der Waals surface area contributed by atoms with Crippen LogP contribution in [0.5, 0.6) is 0 Å². The van der Waals surface area contributed by atoms with Crippen LogP contribution in [-0.2, 0) is 10.7 Å². The van der Waals surface area contributed by atoms with E-state index in [9.17, 15) is 0 Å². The quantitative estimate of drug-likeness (QED) is 0.0720. The van der Waals surface area contributed by atoms with Crippen LogP contribution in [0.15, 0.2) is 24.3 Å². The molecule has 0 saturated carbocycles. The molecule has 0 spiro atoms. The summed E-state index contributed by atoms with van der Waals surface area (Å²) in [6.45, 7) is 7.02. The lowest BCUT2D eigenvalue weighted by Gasteiger charge is -2.26. The first kappa shape index (κ1) is 34.7. The first-order valence-electron chi connectivity index (χ1n) is 16.9. The van der Waals surface area contributed by atoms with Gasteiger partial charge in [0.25, 0.3) is 0 Å². The Morgan fingerprint density at radius 1 is 0.486 bits per heavy atom. The molecule has 1 unspecified atom stereocenters. The Kier molecular flexibility index (Phi) is 23.2. The summed E-state index contributed by atoms with van der Waals surface area (Å²) in [5, 5.41) is 0. The normalized spacial score (nSPS) is 13.2. The van der Waals surface area contributed by atoms with E-state index in [0.717, 1.165) is 0 Å². The largest absolute Gasteiger partial charge is 0.0804 e. The highest BCUT2D eigenvalue weighted by molar-refractivity contribution is 9.09. The molecule has 0 heterocycles. The van der Waals surface area contributed by atoms with Gasteiger partial charge in [0, 0.05) is 4.32 Å². The predicted octanol–water partition coefficient (Wildman–Crippen LogP) is 13.6. The number of halogens is 1. The van der Waals surface area contributed by atoms with Crippen LogP contribution in [0.4, 0.5) is 0 Å². The van der Waals surface area contributed by atoms with Crippen molar-refractivity contribution < 1.29 is 0 Å². The molecule has 0 N–H and O–H groups in total. The van der Waals surface area contributed by atoms with E-state index in [-0.39, 0.29) is 4.32 Å². The summed E-state index contributed by atoms with van der Waals surface area (Å²) in [7, 11) is 0. The number of aryl methyl sites for hydroxylation is 1. The molecule has 1 aromatic rings. The zero-order valence-electron chi connectivity index (χ0n) is 25.6. The maximum Gasteiger partial charge on any atom is 0.0480 e. The van der Waals surface area contributed by atoms with Crippen molar-refractivity contribution in [2.75, 3.05) is 0 Å². The first-order valence-corrected chi connectivity index (χ1v) is 17.7. The molecule has 0 aliphatic carbocycles. The third-order valence-electron chi connectivity index (χ3n) is 8.38. The Morgan fingerprint density at radius 3 is 1.27 bits per heavy atom. The third kappa shape index (κ3) is 19.4. The number of hydrogen-bond acceptors (Lipinski definition) is 0. The monoisotopic (exact) mass is 576 g/mol. The fourth-order valence-electron chi connectivity index (χ4n) is 5.84. The fraction of sp³-hybridized carbons (Fsp3) is 0.833. The second-order valence-corrected chi connectivity index (χ2v) is 13.9. The average molecular weight is 578 g/mol. The van der Waals surface area contributed by atoms with Crippen molar-refractivity contribution in [3.63, 3.8) is 0 Å². The van der Waals surface area contributed by atoms with Gasteiger partial charge in [-0.25, -0.2) is 0 Å². The van der Waals surface area contributed by atoms with Crippen molar-refractivity contribution in [1.82, 2.24) is 0 Å². The van der Waals surface area contributed by atoms with Crippen LogP contribution in [-0.4, -0.2) is 0 Å². The van der Waals surface area contributed by atoms with Gasteiger partial charge in [-0.2, -0.15) is 0 Å². The van der Waals surface area contributed by atoms with Gasteiger partial charge in [-0.05, 0) is 37.3 Å². The summed E-state index contributed by atoms with van der Waals surface area (Å²) in [6, 6.07) is 9.25. The predicted molar refractivity (Wildman–Crippen MR) is 173 cm³/mol. The number of rotatable bonds is 27. The molecular formula is C36H65Br. The molecule has 0 aromatic heterocycles. The van der Waals surface area contributed by atoms with E-state index < -0.39 is 0 Å². The van der Waals surface area contributed by atoms with Crippen LogP contribution in [0.25, 0.3) is 0 Å². The summed E-state index contributed by atoms with van der Waals surface area (Å²) in [5.41, 5.74) is 3.12. The van der Waals surface area contributed by atoms with Crippen LogP contribution in [0.1, 0.15) is 192 Å². The van der Waals surface area contributed by atoms with Crippen molar-refractivity contribution in [1.29, 1.82) is 0 Å². The average Bonchev–Trinajstić information content (AvgIpc) is 2.90. The van der Waals surface area contributed by atoms with Crippen LogP contribution < -0.4 is 0 Å². The minimum Gasteiger partial charge on any atom is -0.0804 e. The van der Waals surface area contributed by atoms with E-state index in [2.05, 4.69) is 61.0 Å². The van der Waals surface area contributed by atoms with Gasteiger partial charge in [-0.1, -0.05) is 202 Å². The Balaban J connectivity index is 2.12. The molecule has 0 saturated heterocycles. The molecule has 0 aliphatic heterocycles. The Labute approximate surface area is 242 Å². The minimum absolute atomic E-state index is 0.124. The summed E-state index contributed by atoms with van der Waals surface area (Å²) in [6.07, 6.45) is 36.7. The van der Waals surface area contributed by atoms with Gasteiger partial charge in [-0.3, -0.25) is 0 Å².